The highest BCUT2D eigenvalue weighted by molar-refractivity contribution is 6.02. The summed E-state index contributed by atoms with van der Waals surface area (Å²) in [4.78, 5) is 28.1. The first-order valence-corrected chi connectivity index (χ1v) is 15.0. The molecule has 3 aliphatic rings. The number of hydrogen-bond acceptors (Lipinski definition) is 5. The number of primary amides is 1. The van der Waals surface area contributed by atoms with Gasteiger partial charge in [-0.15, -0.1) is 0 Å². The minimum atomic E-state index is -0.796. The Kier molecular flexibility index (Phi) is 5.95. The highest BCUT2D eigenvalue weighted by Gasteiger charge is 2.66. The van der Waals surface area contributed by atoms with E-state index >= 15 is 0 Å². The van der Waals surface area contributed by atoms with E-state index in [4.69, 9.17) is 19.6 Å². The van der Waals surface area contributed by atoms with Crippen LogP contribution in [-0.2, 0) is 11.3 Å². The minimum absolute atomic E-state index is 0.0529. The number of amides is 2. The summed E-state index contributed by atoms with van der Waals surface area (Å²) in [6.07, 6.45) is 2.91. The molecule has 42 heavy (non-hydrogen) atoms. The van der Waals surface area contributed by atoms with Gasteiger partial charge in [-0.2, -0.15) is 0 Å². The van der Waals surface area contributed by atoms with E-state index in [1.807, 2.05) is 17.0 Å². The van der Waals surface area contributed by atoms with E-state index in [2.05, 4.69) is 62.6 Å². The van der Waals surface area contributed by atoms with Gasteiger partial charge in [-0.25, -0.2) is 4.79 Å². The fraction of sp³-hybridized carbons (Fsp3) is 0.471. The molecule has 3 fully saturated rings. The third kappa shape index (κ3) is 3.87. The number of carbonyl (C=O) groups is 2. The number of ether oxygens (including phenoxy) is 2. The van der Waals surface area contributed by atoms with Crippen molar-refractivity contribution in [2.45, 2.75) is 71.6 Å². The van der Waals surface area contributed by atoms with E-state index in [0.717, 1.165) is 41.8 Å². The fourth-order valence-corrected chi connectivity index (χ4v) is 7.93. The molecule has 2 saturated carbocycles. The molecule has 3 heterocycles. The first-order chi connectivity index (χ1) is 20.0. The van der Waals surface area contributed by atoms with Gasteiger partial charge in [0.05, 0.1) is 23.7 Å². The summed E-state index contributed by atoms with van der Waals surface area (Å²) < 4.78 is 20.6. The minimum Gasteiger partial charge on any atom is -0.496 e. The number of benzene rings is 2. The van der Waals surface area contributed by atoms with Crippen LogP contribution in [0.4, 0.5) is 4.79 Å². The fourth-order valence-electron chi connectivity index (χ4n) is 7.93. The van der Waals surface area contributed by atoms with Gasteiger partial charge in [-0.3, -0.25) is 4.79 Å². The van der Waals surface area contributed by atoms with Gasteiger partial charge in [0.15, 0.2) is 5.76 Å². The first kappa shape index (κ1) is 26.9. The maximum atomic E-state index is 14.3. The van der Waals surface area contributed by atoms with Crippen molar-refractivity contribution < 1.29 is 23.5 Å². The van der Waals surface area contributed by atoms with Crippen LogP contribution >= 0.6 is 0 Å². The number of furan rings is 1. The number of rotatable bonds is 6. The molecule has 2 unspecified atom stereocenters. The molecule has 8 heteroatoms. The summed E-state index contributed by atoms with van der Waals surface area (Å²) in [5.74, 6) is 2.02. The number of carbonyl (C=O) groups excluding carboxylic acids is 2. The van der Waals surface area contributed by atoms with Crippen molar-refractivity contribution in [3.05, 3.63) is 53.6 Å². The third-order valence-electron chi connectivity index (χ3n) is 10.1. The number of para-hydroxylation sites is 1. The van der Waals surface area contributed by atoms with Crippen LogP contribution in [0.3, 0.4) is 0 Å². The number of hydrogen-bond donors (Lipinski definition) is 1. The highest BCUT2D eigenvalue weighted by Crippen LogP contribution is 2.57. The molecule has 1 aliphatic heterocycles. The Balaban J connectivity index is 1.33. The van der Waals surface area contributed by atoms with Crippen molar-refractivity contribution in [1.29, 1.82) is 0 Å². The van der Waals surface area contributed by atoms with Crippen LogP contribution in [0.15, 0.2) is 46.9 Å². The topological polar surface area (TPSA) is 99.9 Å². The highest BCUT2D eigenvalue weighted by atomic mass is 16.6. The Labute approximate surface area is 245 Å². The largest absolute Gasteiger partial charge is 0.496 e. The summed E-state index contributed by atoms with van der Waals surface area (Å²) in [6.45, 7) is 9.84. The lowest BCUT2D eigenvalue weighted by atomic mass is 9.70. The van der Waals surface area contributed by atoms with E-state index < -0.39 is 17.7 Å². The molecule has 2 N–H and O–H groups in total. The molecule has 8 nitrogen and oxygen atoms in total. The van der Waals surface area contributed by atoms with Gasteiger partial charge in [-0.1, -0.05) is 39.0 Å². The monoisotopic (exact) mass is 569 g/mol. The molecule has 0 spiro atoms. The quantitative estimate of drug-likeness (QED) is 0.272. The van der Waals surface area contributed by atoms with E-state index in [-0.39, 0.29) is 17.2 Å². The second-order valence-corrected chi connectivity index (χ2v) is 13.5. The van der Waals surface area contributed by atoms with Crippen LogP contribution in [0.1, 0.15) is 62.4 Å². The molecule has 7 rings (SSSR count). The Hall–Kier alpha value is -3.94. The van der Waals surface area contributed by atoms with Gasteiger partial charge in [-0.05, 0) is 68.2 Å². The molecular formula is C34H39N3O5. The number of fused-ring (bicyclic) bond motifs is 4. The van der Waals surface area contributed by atoms with Gasteiger partial charge < -0.3 is 29.1 Å². The van der Waals surface area contributed by atoms with Crippen LogP contribution in [0.2, 0.25) is 0 Å². The summed E-state index contributed by atoms with van der Waals surface area (Å²) in [6, 6.07) is 14.3. The van der Waals surface area contributed by atoms with Gasteiger partial charge in [0.2, 0.25) is 0 Å². The average molecular weight is 570 g/mol. The lowest BCUT2D eigenvalue weighted by Crippen LogP contribution is -2.60. The Morgan fingerprint density at radius 2 is 1.88 bits per heavy atom. The molecule has 4 aromatic rings. The van der Waals surface area contributed by atoms with Crippen molar-refractivity contribution in [1.82, 2.24) is 9.47 Å². The maximum Gasteiger partial charge on any atom is 0.404 e. The summed E-state index contributed by atoms with van der Waals surface area (Å²) in [7, 11) is 1.63. The number of methoxy groups -OCH3 is 1. The van der Waals surface area contributed by atoms with Crippen LogP contribution in [0.25, 0.3) is 33.3 Å². The maximum absolute atomic E-state index is 14.3. The van der Waals surface area contributed by atoms with E-state index in [9.17, 15) is 9.59 Å². The smallest absolute Gasteiger partial charge is 0.404 e. The van der Waals surface area contributed by atoms with E-state index in [1.165, 1.54) is 23.7 Å². The van der Waals surface area contributed by atoms with E-state index in [1.54, 1.807) is 7.11 Å². The van der Waals surface area contributed by atoms with Gasteiger partial charge in [0.1, 0.15) is 17.4 Å². The number of nitrogens with two attached hydrogens (primary N) is 1. The molecule has 2 aromatic heterocycles. The SMILES string of the molecule is COc1cc(C(=O)N2CC3CCC2(C(C)(C)C)[C@@H]3OC(N)=O)cc2oc(-c3cc4ccccc4n3CC3CC3)c(C)c12. The Morgan fingerprint density at radius 3 is 2.57 bits per heavy atom. The van der Waals surface area contributed by atoms with Crippen molar-refractivity contribution in [3.63, 3.8) is 0 Å². The molecule has 220 valence electrons. The van der Waals surface area contributed by atoms with Gasteiger partial charge in [0, 0.05) is 41.0 Å². The number of likely N-dealkylation sites (tertiary alicyclic amines) is 1. The predicted molar refractivity (Wildman–Crippen MR) is 162 cm³/mol. The molecule has 1 saturated heterocycles. The number of piperidine rings is 1. The Morgan fingerprint density at radius 1 is 1.12 bits per heavy atom. The third-order valence-corrected chi connectivity index (χ3v) is 10.1. The molecule has 3 atom stereocenters. The first-order valence-electron chi connectivity index (χ1n) is 15.0. The summed E-state index contributed by atoms with van der Waals surface area (Å²) in [5, 5.41) is 2.05. The van der Waals surface area contributed by atoms with Crippen LogP contribution in [-0.4, -0.2) is 46.8 Å². The predicted octanol–water partition coefficient (Wildman–Crippen LogP) is 6.90. The molecule has 2 amide bonds. The standard InChI is InChI=1S/C34H39N3O5/c1-19-28-26(40-5)15-23(31(38)37-18-22-12-13-34(37,33(2,3)4)30(22)42-32(35)39)16-27(28)41-29(19)25-14-21-8-6-7-9-24(21)36(25)17-20-10-11-20/h6-9,14-16,20,22,30H,10-13,17-18H2,1-5H3,(H2,35,39)/t22?,30-,34?/m1/s1. The van der Waals surface area contributed by atoms with Crippen molar-refractivity contribution >= 4 is 33.9 Å². The van der Waals surface area contributed by atoms with Gasteiger partial charge in [0.25, 0.3) is 5.91 Å². The number of aryl methyl sites for hydroxylation is 1. The average Bonchev–Trinajstić information content (AvgIpc) is 3.34. The second-order valence-electron chi connectivity index (χ2n) is 13.5. The second kappa shape index (κ2) is 9.28. The normalized spacial score (nSPS) is 23.7. The molecule has 2 aliphatic carbocycles. The van der Waals surface area contributed by atoms with Crippen LogP contribution < -0.4 is 10.5 Å². The summed E-state index contributed by atoms with van der Waals surface area (Å²) in [5.41, 5.74) is 8.84. The zero-order valence-corrected chi connectivity index (χ0v) is 25.0. The summed E-state index contributed by atoms with van der Waals surface area (Å²) >= 11 is 0. The van der Waals surface area contributed by atoms with Crippen molar-refractivity contribution in [2.75, 3.05) is 13.7 Å². The molecule has 2 aromatic carbocycles. The van der Waals surface area contributed by atoms with E-state index in [0.29, 0.717) is 29.4 Å². The lowest BCUT2D eigenvalue weighted by Gasteiger charge is -2.49. The molecular weight excluding hydrogens is 530 g/mol. The van der Waals surface area contributed by atoms with Crippen LogP contribution in [0, 0.1) is 24.2 Å². The van der Waals surface area contributed by atoms with Crippen LogP contribution in [0.5, 0.6) is 5.75 Å². The van der Waals surface area contributed by atoms with Crippen molar-refractivity contribution in [2.24, 2.45) is 23.0 Å². The Bertz CT molecular complexity index is 1740. The van der Waals surface area contributed by atoms with Gasteiger partial charge >= 0.3 is 6.09 Å². The number of aromatic nitrogens is 1. The molecule has 2 bridgehead atoms. The zero-order valence-electron chi connectivity index (χ0n) is 25.0. The number of nitrogens with zero attached hydrogens (tertiary/aromatic N) is 2. The van der Waals surface area contributed by atoms with Crippen molar-refractivity contribution in [3.8, 4) is 17.2 Å². The lowest BCUT2D eigenvalue weighted by molar-refractivity contribution is -0.0359. The zero-order chi connectivity index (χ0) is 29.6. The molecule has 0 radical (unpaired) electrons.